The fraction of sp³-hybridized carbons (Fsp3) is 0.867. The van der Waals surface area contributed by atoms with Gasteiger partial charge in [0.2, 0.25) is 0 Å². The molecular formula is C15H32OSi. The molecule has 0 bridgehead atoms. The van der Waals surface area contributed by atoms with Gasteiger partial charge in [0, 0.05) is 0 Å². The van der Waals surface area contributed by atoms with Gasteiger partial charge in [-0.3, -0.25) is 0 Å². The van der Waals surface area contributed by atoms with Crippen LogP contribution in [0, 0.1) is 0 Å². The van der Waals surface area contributed by atoms with Crippen LogP contribution in [0.15, 0.2) is 11.6 Å². The van der Waals surface area contributed by atoms with Crippen LogP contribution >= 0.6 is 0 Å². The minimum absolute atomic E-state index is 0.316. The van der Waals surface area contributed by atoms with Gasteiger partial charge in [-0.2, -0.15) is 0 Å². The molecule has 0 spiro atoms. The number of rotatable bonds is 7. The maximum absolute atomic E-state index is 6.13. The number of hydrogen-bond donors (Lipinski definition) is 0. The van der Waals surface area contributed by atoms with Gasteiger partial charge in [0.1, 0.15) is 0 Å². The van der Waals surface area contributed by atoms with E-state index in [0.29, 0.717) is 5.04 Å². The van der Waals surface area contributed by atoms with Gasteiger partial charge in [-0.05, 0) is 37.9 Å². The summed E-state index contributed by atoms with van der Waals surface area (Å²) in [5, 5.41) is 0.316. The lowest BCUT2D eigenvalue weighted by Gasteiger charge is -2.35. The first-order chi connectivity index (χ1) is 7.70. The van der Waals surface area contributed by atoms with E-state index >= 15 is 0 Å². The van der Waals surface area contributed by atoms with Crippen LogP contribution in [0.5, 0.6) is 0 Å². The third kappa shape index (κ3) is 7.05. The molecule has 0 aliphatic rings. The van der Waals surface area contributed by atoms with Crippen molar-refractivity contribution in [2.75, 3.05) is 6.61 Å². The first-order valence-corrected chi connectivity index (χ1v) is 9.91. The molecule has 0 saturated carbocycles. The molecule has 0 aromatic heterocycles. The summed E-state index contributed by atoms with van der Waals surface area (Å²) in [6.45, 7) is 16.8. The quantitative estimate of drug-likeness (QED) is 0.330. The van der Waals surface area contributed by atoms with Crippen molar-refractivity contribution < 1.29 is 4.43 Å². The summed E-state index contributed by atoms with van der Waals surface area (Å²) in [5.74, 6) is 0. The Morgan fingerprint density at radius 3 is 2.24 bits per heavy atom. The monoisotopic (exact) mass is 256 g/mol. The Hall–Kier alpha value is -0.0831. The first kappa shape index (κ1) is 16.9. The van der Waals surface area contributed by atoms with Crippen LogP contribution in [0.1, 0.15) is 60.3 Å². The van der Waals surface area contributed by atoms with E-state index in [2.05, 4.69) is 53.8 Å². The zero-order chi connectivity index (χ0) is 13.5. The summed E-state index contributed by atoms with van der Waals surface area (Å²) < 4.78 is 6.13. The number of hydrogen-bond acceptors (Lipinski definition) is 1. The van der Waals surface area contributed by atoms with Crippen molar-refractivity contribution in [2.24, 2.45) is 0 Å². The zero-order valence-corrected chi connectivity index (χ0v) is 14.0. The topological polar surface area (TPSA) is 9.23 Å². The molecule has 0 unspecified atom stereocenters. The number of allylic oxidation sites excluding steroid dienone is 1. The molecule has 0 N–H and O–H groups in total. The maximum atomic E-state index is 6.13. The molecule has 0 aliphatic carbocycles. The SMILES string of the molecule is CCCCC/C(C)=C/CO[Si](C)(C)C(C)(C)C. The predicted molar refractivity (Wildman–Crippen MR) is 81.0 cm³/mol. The van der Waals surface area contributed by atoms with Gasteiger partial charge in [0.15, 0.2) is 8.32 Å². The normalized spacial score (nSPS) is 14.2. The zero-order valence-electron chi connectivity index (χ0n) is 13.0. The van der Waals surface area contributed by atoms with Gasteiger partial charge in [-0.25, -0.2) is 0 Å². The van der Waals surface area contributed by atoms with Crippen LogP contribution < -0.4 is 0 Å². The van der Waals surface area contributed by atoms with Gasteiger partial charge in [0.05, 0.1) is 6.61 Å². The lowest BCUT2D eigenvalue weighted by atomic mass is 10.1. The van der Waals surface area contributed by atoms with Gasteiger partial charge < -0.3 is 4.43 Å². The van der Waals surface area contributed by atoms with Crippen LogP contribution in [-0.4, -0.2) is 14.9 Å². The van der Waals surface area contributed by atoms with Crippen molar-refractivity contribution in [3.05, 3.63) is 11.6 Å². The molecule has 0 aromatic carbocycles. The van der Waals surface area contributed by atoms with Gasteiger partial charge in [-0.1, -0.05) is 52.2 Å². The molecule has 0 rings (SSSR count). The fourth-order valence-corrected chi connectivity index (χ4v) is 2.30. The minimum atomic E-state index is -1.55. The van der Waals surface area contributed by atoms with E-state index in [4.69, 9.17) is 4.43 Å². The second-order valence-corrected chi connectivity index (χ2v) is 11.4. The summed E-state index contributed by atoms with van der Waals surface area (Å²) >= 11 is 0. The molecule has 0 saturated heterocycles. The van der Waals surface area contributed by atoms with Crippen LogP contribution in [0.25, 0.3) is 0 Å². The average Bonchev–Trinajstić information content (AvgIpc) is 2.16. The molecule has 1 nitrogen and oxygen atoms in total. The van der Waals surface area contributed by atoms with Crippen molar-refractivity contribution in [1.82, 2.24) is 0 Å². The van der Waals surface area contributed by atoms with Crippen molar-refractivity contribution in [3.63, 3.8) is 0 Å². The van der Waals surface area contributed by atoms with E-state index in [9.17, 15) is 0 Å². The van der Waals surface area contributed by atoms with Gasteiger partial charge in [0.25, 0.3) is 0 Å². The lowest BCUT2D eigenvalue weighted by molar-refractivity contribution is 0.327. The molecule has 2 heteroatoms. The van der Waals surface area contributed by atoms with E-state index in [-0.39, 0.29) is 0 Å². The van der Waals surface area contributed by atoms with Gasteiger partial charge >= 0.3 is 0 Å². The Balaban J connectivity index is 4.00. The molecule has 0 aromatic rings. The Morgan fingerprint density at radius 2 is 1.76 bits per heavy atom. The first-order valence-electron chi connectivity index (χ1n) is 7.00. The van der Waals surface area contributed by atoms with E-state index in [0.717, 1.165) is 6.61 Å². The second-order valence-electron chi connectivity index (χ2n) is 6.58. The highest BCUT2D eigenvalue weighted by molar-refractivity contribution is 6.74. The molecule has 0 radical (unpaired) electrons. The van der Waals surface area contributed by atoms with Crippen molar-refractivity contribution in [1.29, 1.82) is 0 Å². The third-order valence-electron chi connectivity index (χ3n) is 3.86. The Kier molecular flexibility index (Phi) is 7.34. The molecule has 0 fully saturated rings. The minimum Gasteiger partial charge on any atom is -0.413 e. The van der Waals surface area contributed by atoms with Crippen molar-refractivity contribution >= 4 is 8.32 Å². The summed E-state index contributed by atoms with van der Waals surface area (Å²) in [7, 11) is -1.55. The third-order valence-corrected chi connectivity index (χ3v) is 8.36. The summed E-state index contributed by atoms with van der Waals surface area (Å²) in [4.78, 5) is 0. The second kappa shape index (κ2) is 7.37. The standard InChI is InChI=1S/C15H32OSi/c1-8-9-10-11-14(2)12-13-16-17(6,7)15(3,4)5/h12H,8-11,13H2,1-7H3/b14-12+. The molecule has 0 aliphatic heterocycles. The largest absolute Gasteiger partial charge is 0.413 e. The number of unbranched alkanes of at least 4 members (excludes halogenated alkanes) is 2. The maximum Gasteiger partial charge on any atom is 0.192 e. The summed E-state index contributed by atoms with van der Waals surface area (Å²) in [6.07, 6.45) is 7.46. The highest BCUT2D eigenvalue weighted by Gasteiger charge is 2.36. The average molecular weight is 257 g/mol. The molecule has 102 valence electrons. The summed E-state index contributed by atoms with van der Waals surface area (Å²) in [6, 6.07) is 0. The Bertz CT molecular complexity index is 236. The van der Waals surface area contributed by atoms with E-state index < -0.39 is 8.32 Å². The van der Waals surface area contributed by atoms with Gasteiger partial charge in [-0.15, -0.1) is 0 Å². The Labute approximate surface area is 110 Å². The Morgan fingerprint density at radius 1 is 1.18 bits per heavy atom. The fourth-order valence-electron chi connectivity index (χ4n) is 1.36. The molecule has 0 heterocycles. The van der Waals surface area contributed by atoms with Crippen molar-refractivity contribution in [3.8, 4) is 0 Å². The van der Waals surface area contributed by atoms with Crippen LogP contribution in [0.4, 0.5) is 0 Å². The van der Waals surface area contributed by atoms with E-state index in [1.54, 1.807) is 0 Å². The molecular weight excluding hydrogens is 224 g/mol. The highest BCUT2D eigenvalue weighted by Crippen LogP contribution is 2.36. The highest BCUT2D eigenvalue weighted by atomic mass is 28.4. The van der Waals surface area contributed by atoms with Crippen molar-refractivity contribution in [2.45, 2.75) is 78.4 Å². The lowest BCUT2D eigenvalue weighted by Crippen LogP contribution is -2.40. The van der Waals surface area contributed by atoms with E-state index in [1.165, 1.54) is 31.3 Å². The molecule has 0 atom stereocenters. The summed E-state index contributed by atoms with van der Waals surface area (Å²) in [5.41, 5.74) is 1.48. The van der Waals surface area contributed by atoms with Crippen LogP contribution in [-0.2, 0) is 4.43 Å². The smallest absolute Gasteiger partial charge is 0.192 e. The predicted octanol–water partition coefficient (Wildman–Crippen LogP) is 5.53. The van der Waals surface area contributed by atoms with Crippen LogP contribution in [0.3, 0.4) is 0 Å². The molecule has 0 amide bonds. The molecule has 17 heavy (non-hydrogen) atoms. The van der Waals surface area contributed by atoms with E-state index in [1.807, 2.05) is 0 Å². The van der Waals surface area contributed by atoms with Crippen LogP contribution in [0.2, 0.25) is 18.1 Å².